The zero-order valence-electron chi connectivity index (χ0n) is 11.9. The summed E-state index contributed by atoms with van der Waals surface area (Å²) < 4.78 is 25.7. The molecule has 1 aliphatic heterocycles. The molecule has 7 heteroatoms. The maximum Gasteiger partial charge on any atom is 0.153 e. The van der Waals surface area contributed by atoms with E-state index in [0.717, 1.165) is 11.6 Å². The molecule has 112 valence electrons. The highest BCUT2D eigenvalue weighted by Crippen LogP contribution is 2.31. The first-order valence-corrected chi connectivity index (χ1v) is 9.21. The van der Waals surface area contributed by atoms with E-state index < -0.39 is 9.84 Å². The number of aryl methyl sites for hydroxylation is 1. The molecular weight excluding hydrogens is 276 g/mol. The molecule has 1 atom stereocenters. The van der Waals surface area contributed by atoms with Crippen molar-refractivity contribution in [2.24, 2.45) is 0 Å². The van der Waals surface area contributed by atoms with Crippen LogP contribution in [0.4, 0.5) is 0 Å². The summed E-state index contributed by atoms with van der Waals surface area (Å²) in [6.07, 6.45) is 5.54. The Morgan fingerprint density at radius 1 is 1.30 bits per heavy atom. The monoisotopic (exact) mass is 298 g/mol. The van der Waals surface area contributed by atoms with Crippen LogP contribution in [0.1, 0.15) is 43.4 Å². The minimum absolute atomic E-state index is 0.0301. The maximum atomic E-state index is 11.7. The molecular formula is C13H22N4O2S. The number of nitrogens with zero attached hydrogens (tertiary/aromatic N) is 3. The minimum Gasteiger partial charge on any atom is -0.312 e. The Morgan fingerprint density at radius 3 is 2.75 bits per heavy atom. The van der Waals surface area contributed by atoms with Crippen LogP contribution in [0.3, 0.4) is 0 Å². The average molecular weight is 298 g/mol. The van der Waals surface area contributed by atoms with Gasteiger partial charge in [-0.15, -0.1) is 10.2 Å². The second-order valence-corrected chi connectivity index (χ2v) is 8.17. The highest BCUT2D eigenvalue weighted by molar-refractivity contribution is 7.91. The SMILES string of the molecule is Cc1nnc(CC2CS(=O)(=O)CCN2)n1C1CCCC1. The first-order chi connectivity index (χ1) is 9.55. The molecule has 1 aromatic rings. The van der Waals surface area contributed by atoms with Gasteiger partial charge in [-0.3, -0.25) is 0 Å². The third-order valence-corrected chi connectivity index (χ3v) is 6.09. The normalized spacial score (nSPS) is 26.9. The van der Waals surface area contributed by atoms with Gasteiger partial charge in [-0.25, -0.2) is 8.42 Å². The van der Waals surface area contributed by atoms with Crippen LogP contribution >= 0.6 is 0 Å². The predicted octanol–water partition coefficient (Wildman–Crippen LogP) is 0.631. The van der Waals surface area contributed by atoms with E-state index in [1.807, 2.05) is 6.92 Å². The van der Waals surface area contributed by atoms with Gasteiger partial charge in [0.2, 0.25) is 0 Å². The molecule has 1 aromatic heterocycles. The molecule has 0 radical (unpaired) electrons. The van der Waals surface area contributed by atoms with Gasteiger partial charge in [0, 0.05) is 25.0 Å². The van der Waals surface area contributed by atoms with Crippen LogP contribution in [0, 0.1) is 6.92 Å². The number of rotatable bonds is 3. The lowest BCUT2D eigenvalue weighted by atomic mass is 10.2. The van der Waals surface area contributed by atoms with E-state index in [-0.39, 0.29) is 17.5 Å². The zero-order valence-corrected chi connectivity index (χ0v) is 12.7. The molecule has 6 nitrogen and oxygen atoms in total. The molecule has 1 N–H and O–H groups in total. The molecule has 0 aromatic carbocycles. The summed E-state index contributed by atoms with van der Waals surface area (Å²) in [4.78, 5) is 0. The van der Waals surface area contributed by atoms with E-state index in [4.69, 9.17) is 0 Å². The third-order valence-electron chi connectivity index (χ3n) is 4.36. The number of hydrogen-bond donors (Lipinski definition) is 1. The number of sulfone groups is 1. The van der Waals surface area contributed by atoms with Crippen LogP contribution in [0.5, 0.6) is 0 Å². The highest BCUT2D eigenvalue weighted by Gasteiger charge is 2.28. The number of nitrogens with one attached hydrogen (secondary N) is 1. The largest absolute Gasteiger partial charge is 0.312 e. The van der Waals surface area contributed by atoms with Crippen LogP contribution in [0.2, 0.25) is 0 Å². The van der Waals surface area contributed by atoms with Crippen molar-refractivity contribution in [1.29, 1.82) is 0 Å². The summed E-state index contributed by atoms with van der Waals surface area (Å²) in [5, 5.41) is 11.8. The molecule has 0 spiro atoms. The van der Waals surface area contributed by atoms with Crippen molar-refractivity contribution >= 4 is 9.84 Å². The van der Waals surface area contributed by atoms with E-state index in [9.17, 15) is 8.42 Å². The highest BCUT2D eigenvalue weighted by atomic mass is 32.2. The van der Waals surface area contributed by atoms with E-state index in [2.05, 4.69) is 20.1 Å². The van der Waals surface area contributed by atoms with E-state index in [0.29, 0.717) is 19.0 Å². The van der Waals surface area contributed by atoms with Crippen molar-refractivity contribution in [3.63, 3.8) is 0 Å². The van der Waals surface area contributed by atoms with Gasteiger partial charge in [-0.05, 0) is 19.8 Å². The average Bonchev–Trinajstić information content (AvgIpc) is 2.98. The zero-order chi connectivity index (χ0) is 14.2. The van der Waals surface area contributed by atoms with Crippen LogP contribution in [-0.2, 0) is 16.3 Å². The van der Waals surface area contributed by atoms with Gasteiger partial charge < -0.3 is 9.88 Å². The molecule has 1 saturated carbocycles. The Labute approximate surface area is 119 Å². The summed E-state index contributed by atoms with van der Waals surface area (Å²) in [5.74, 6) is 2.34. The topological polar surface area (TPSA) is 76.9 Å². The predicted molar refractivity (Wildman–Crippen MR) is 76.4 cm³/mol. The van der Waals surface area contributed by atoms with E-state index in [1.165, 1.54) is 25.7 Å². The van der Waals surface area contributed by atoms with Gasteiger partial charge in [0.25, 0.3) is 0 Å². The molecule has 0 amide bonds. The van der Waals surface area contributed by atoms with Gasteiger partial charge in [0.15, 0.2) is 9.84 Å². The number of aromatic nitrogens is 3. The second-order valence-electron chi connectivity index (χ2n) is 5.94. The van der Waals surface area contributed by atoms with Gasteiger partial charge in [0.05, 0.1) is 11.5 Å². The molecule has 20 heavy (non-hydrogen) atoms. The van der Waals surface area contributed by atoms with Crippen molar-refractivity contribution < 1.29 is 8.42 Å². The smallest absolute Gasteiger partial charge is 0.153 e. The van der Waals surface area contributed by atoms with Gasteiger partial charge in [0.1, 0.15) is 11.6 Å². The Morgan fingerprint density at radius 2 is 2.05 bits per heavy atom. The lowest BCUT2D eigenvalue weighted by Gasteiger charge is -2.24. The Bertz CT molecular complexity index is 575. The molecule has 2 aliphatic rings. The van der Waals surface area contributed by atoms with Crippen molar-refractivity contribution in [2.75, 3.05) is 18.1 Å². The lowest BCUT2D eigenvalue weighted by Crippen LogP contribution is -2.46. The fraction of sp³-hybridized carbons (Fsp3) is 0.846. The summed E-state index contributed by atoms with van der Waals surface area (Å²) in [6, 6.07) is 0.470. The van der Waals surface area contributed by atoms with Crippen molar-refractivity contribution in [3.8, 4) is 0 Å². The Balaban J connectivity index is 1.77. The summed E-state index contributed by atoms with van der Waals surface area (Å²) in [7, 11) is -2.90. The van der Waals surface area contributed by atoms with E-state index in [1.54, 1.807) is 0 Å². The molecule has 1 saturated heterocycles. The van der Waals surface area contributed by atoms with E-state index >= 15 is 0 Å². The molecule has 2 heterocycles. The fourth-order valence-corrected chi connectivity index (χ4v) is 4.85. The first kappa shape index (κ1) is 14.0. The third kappa shape index (κ3) is 2.88. The molecule has 0 bridgehead atoms. The van der Waals surface area contributed by atoms with Crippen molar-refractivity contribution in [1.82, 2.24) is 20.1 Å². The van der Waals surface area contributed by atoms with Crippen molar-refractivity contribution in [2.45, 2.75) is 51.1 Å². The quantitative estimate of drug-likeness (QED) is 0.886. The second kappa shape index (κ2) is 5.44. The van der Waals surface area contributed by atoms with Gasteiger partial charge in [-0.1, -0.05) is 12.8 Å². The lowest BCUT2D eigenvalue weighted by molar-refractivity contribution is 0.457. The molecule has 3 rings (SSSR count). The first-order valence-electron chi connectivity index (χ1n) is 7.39. The van der Waals surface area contributed by atoms with Gasteiger partial charge in [-0.2, -0.15) is 0 Å². The molecule has 1 unspecified atom stereocenters. The van der Waals surface area contributed by atoms with Crippen LogP contribution in [0.25, 0.3) is 0 Å². The van der Waals surface area contributed by atoms with Crippen LogP contribution < -0.4 is 5.32 Å². The Hall–Kier alpha value is -0.950. The summed E-state index contributed by atoms with van der Waals surface area (Å²) >= 11 is 0. The number of hydrogen-bond acceptors (Lipinski definition) is 5. The fourth-order valence-electron chi connectivity index (χ4n) is 3.41. The summed E-state index contributed by atoms with van der Waals surface area (Å²) in [6.45, 7) is 2.53. The van der Waals surface area contributed by atoms with Crippen LogP contribution in [0.15, 0.2) is 0 Å². The standard InChI is InChI=1S/C13H22N4O2S/c1-10-15-16-13(17(10)12-4-2-3-5-12)8-11-9-20(18,19)7-6-14-11/h11-12,14H,2-9H2,1H3. The molecule has 1 aliphatic carbocycles. The maximum absolute atomic E-state index is 11.7. The summed E-state index contributed by atoms with van der Waals surface area (Å²) in [5.41, 5.74) is 0. The van der Waals surface area contributed by atoms with Crippen LogP contribution in [-0.4, -0.2) is 47.3 Å². The molecule has 2 fully saturated rings. The van der Waals surface area contributed by atoms with Crippen molar-refractivity contribution in [3.05, 3.63) is 11.6 Å². The Kier molecular flexibility index (Phi) is 3.81. The van der Waals surface area contributed by atoms with Gasteiger partial charge >= 0.3 is 0 Å². The minimum atomic E-state index is -2.90.